The maximum Gasteiger partial charge on any atom is 0.418 e. The number of hydrogen-bond donors (Lipinski definition) is 1. The molecule has 0 unspecified atom stereocenters. The lowest BCUT2D eigenvalue weighted by Gasteiger charge is -2.14. The van der Waals surface area contributed by atoms with Gasteiger partial charge in [0.2, 0.25) is 0 Å². The molecule has 2 rings (SSSR count). The average Bonchev–Trinajstić information content (AvgIpc) is 2.53. The number of hydrogen-bond acceptors (Lipinski definition) is 4. The van der Waals surface area contributed by atoms with Crippen LogP contribution in [0.3, 0.4) is 0 Å². The van der Waals surface area contributed by atoms with Gasteiger partial charge in [-0.2, -0.15) is 13.2 Å². The second-order valence-electron chi connectivity index (χ2n) is 4.90. The van der Waals surface area contributed by atoms with Crippen molar-refractivity contribution in [3.63, 3.8) is 0 Å². The van der Waals surface area contributed by atoms with Gasteiger partial charge in [-0.15, -0.1) is 0 Å². The lowest BCUT2D eigenvalue weighted by Crippen LogP contribution is -2.22. The molecular formula is C15H9Br2F3N2O4. The largest absolute Gasteiger partial charge is 0.483 e. The number of nitrogens with one attached hydrogen (secondary N) is 1. The second kappa shape index (κ2) is 8.04. The van der Waals surface area contributed by atoms with E-state index in [9.17, 15) is 28.1 Å². The van der Waals surface area contributed by atoms with Crippen molar-refractivity contribution in [2.75, 3.05) is 11.9 Å². The highest BCUT2D eigenvalue weighted by Gasteiger charge is 2.35. The summed E-state index contributed by atoms with van der Waals surface area (Å²) >= 11 is 6.47. The first-order valence-corrected chi connectivity index (χ1v) is 8.40. The number of nitrogens with zero attached hydrogens (tertiary/aromatic N) is 1. The molecule has 0 aliphatic heterocycles. The summed E-state index contributed by atoms with van der Waals surface area (Å²) in [6.07, 6.45) is -4.87. The summed E-state index contributed by atoms with van der Waals surface area (Å²) in [5.41, 5.74) is -2.64. The molecule has 2 aromatic carbocycles. The summed E-state index contributed by atoms with van der Waals surface area (Å²) in [5, 5.41) is 12.7. The highest BCUT2D eigenvalue weighted by Crippen LogP contribution is 2.37. The fraction of sp³-hybridized carbons (Fsp3) is 0.133. The van der Waals surface area contributed by atoms with Gasteiger partial charge in [-0.25, -0.2) is 0 Å². The summed E-state index contributed by atoms with van der Waals surface area (Å²) in [5.74, 6) is -0.526. The Morgan fingerprint density at radius 2 is 1.88 bits per heavy atom. The van der Waals surface area contributed by atoms with E-state index >= 15 is 0 Å². The van der Waals surface area contributed by atoms with E-state index in [0.717, 1.165) is 16.6 Å². The van der Waals surface area contributed by atoms with Gasteiger partial charge in [-0.3, -0.25) is 14.9 Å². The van der Waals surface area contributed by atoms with Crippen molar-refractivity contribution in [1.82, 2.24) is 0 Å². The summed E-state index contributed by atoms with van der Waals surface area (Å²) in [6.45, 7) is -0.547. The predicted molar refractivity (Wildman–Crippen MR) is 94.1 cm³/mol. The van der Waals surface area contributed by atoms with Crippen molar-refractivity contribution in [1.29, 1.82) is 0 Å². The molecule has 138 valence electrons. The molecule has 0 atom stereocenters. The molecule has 11 heteroatoms. The number of anilines is 1. The lowest BCUT2D eigenvalue weighted by molar-refractivity contribution is -0.385. The van der Waals surface area contributed by atoms with Crippen LogP contribution in [0.2, 0.25) is 0 Å². The van der Waals surface area contributed by atoms with E-state index in [1.807, 2.05) is 0 Å². The number of carbonyl (C=O) groups excluding carboxylic acids is 1. The Bertz CT molecular complexity index is 859. The number of nitro benzene ring substituents is 1. The first-order valence-electron chi connectivity index (χ1n) is 6.81. The second-order valence-corrected chi connectivity index (χ2v) is 6.67. The Morgan fingerprint density at radius 1 is 1.19 bits per heavy atom. The highest BCUT2D eigenvalue weighted by molar-refractivity contribution is 9.11. The van der Waals surface area contributed by atoms with Gasteiger partial charge in [0, 0.05) is 16.6 Å². The van der Waals surface area contributed by atoms with Crippen LogP contribution >= 0.6 is 31.9 Å². The molecule has 6 nitrogen and oxygen atoms in total. The Balaban J connectivity index is 2.14. The summed E-state index contributed by atoms with van der Waals surface area (Å²) in [6, 6.07) is 6.96. The first kappa shape index (κ1) is 20.2. The van der Waals surface area contributed by atoms with E-state index in [0.29, 0.717) is 16.3 Å². The molecule has 0 aromatic heterocycles. The minimum absolute atomic E-state index is 0.322. The molecule has 2 aromatic rings. The highest BCUT2D eigenvalue weighted by atomic mass is 79.9. The zero-order valence-corrected chi connectivity index (χ0v) is 15.8. The number of halogens is 5. The molecule has 0 radical (unpaired) electrons. The van der Waals surface area contributed by atoms with Gasteiger partial charge in [0.15, 0.2) is 6.61 Å². The van der Waals surface area contributed by atoms with Crippen LogP contribution < -0.4 is 10.1 Å². The molecule has 0 spiro atoms. The Hall–Kier alpha value is -2.14. The van der Waals surface area contributed by atoms with Crippen LogP contribution in [-0.2, 0) is 11.0 Å². The first-order chi connectivity index (χ1) is 12.1. The monoisotopic (exact) mass is 496 g/mol. The molecule has 0 fully saturated rings. The number of ether oxygens (including phenoxy) is 1. The molecule has 1 N–H and O–H groups in total. The fourth-order valence-corrected chi connectivity index (χ4v) is 3.07. The molecular weight excluding hydrogens is 489 g/mol. The van der Waals surface area contributed by atoms with Gasteiger partial charge in [-0.05, 0) is 40.2 Å². The molecule has 0 saturated heterocycles. The zero-order valence-electron chi connectivity index (χ0n) is 12.6. The van der Waals surface area contributed by atoms with Crippen LogP contribution in [0.4, 0.5) is 24.5 Å². The van der Waals surface area contributed by atoms with Crippen molar-refractivity contribution in [2.45, 2.75) is 6.18 Å². The van der Waals surface area contributed by atoms with E-state index in [1.165, 1.54) is 0 Å². The Morgan fingerprint density at radius 3 is 2.46 bits per heavy atom. The number of carbonyl (C=O) groups is 1. The smallest absolute Gasteiger partial charge is 0.418 e. The van der Waals surface area contributed by atoms with Crippen LogP contribution in [0.5, 0.6) is 5.75 Å². The fourth-order valence-electron chi connectivity index (χ4n) is 1.91. The number of benzene rings is 2. The quantitative estimate of drug-likeness (QED) is 0.457. The number of alkyl halides is 3. The van der Waals surface area contributed by atoms with Crippen molar-refractivity contribution < 1.29 is 27.6 Å². The normalized spacial score (nSPS) is 11.1. The molecule has 0 bridgehead atoms. The third-order valence-corrected chi connectivity index (χ3v) is 4.16. The van der Waals surface area contributed by atoms with Crippen molar-refractivity contribution in [3.8, 4) is 5.75 Å². The minimum atomic E-state index is -4.87. The zero-order chi connectivity index (χ0) is 19.5. The van der Waals surface area contributed by atoms with Gasteiger partial charge in [0.05, 0.1) is 20.6 Å². The van der Waals surface area contributed by atoms with E-state index in [-0.39, 0.29) is 0 Å². The number of nitro groups is 1. The van der Waals surface area contributed by atoms with Crippen LogP contribution in [0.1, 0.15) is 5.56 Å². The van der Waals surface area contributed by atoms with Gasteiger partial charge in [0.25, 0.3) is 11.6 Å². The number of amides is 1. The summed E-state index contributed by atoms with van der Waals surface area (Å²) in [4.78, 5) is 21.6. The predicted octanol–water partition coefficient (Wildman–Crippen LogP) is 5.16. The SMILES string of the molecule is O=C(COc1ccc(Br)cc1Br)Nc1ccc([N+](=O)[O-])cc1C(F)(F)F. The van der Waals surface area contributed by atoms with Gasteiger partial charge >= 0.3 is 6.18 Å². The third-order valence-electron chi connectivity index (χ3n) is 3.05. The Labute approximate surface area is 161 Å². The standard InChI is InChI=1S/C15H9Br2F3N2O4/c16-8-1-4-13(11(17)5-8)26-7-14(23)21-12-3-2-9(22(24)25)6-10(12)15(18,19)20/h1-6H,7H2,(H,21,23). The summed E-state index contributed by atoms with van der Waals surface area (Å²) in [7, 11) is 0. The van der Waals surface area contributed by atoms with E-state index in [1.54, 1.807) is 18.2 Å². The molecule has 0 aliphatic rings. The van der Waals surface area contributed by atoms with Crippen molar-refractivity contribution in [3.05, 3.63) is 61.0 Å². The van der Waals surface area contributed by atoms with Crippen molar-refractivity contribution in [2.24, 2.45) is 0 Å². The third kappa shape index (κ3) is 5.18. The molecule has 1 amide bonds. The minimum Gasteiger partial charge on any atom is -0.483 e. The van der Waals surface area contributed by atoms with E-state index < -0.39 is 40.6 Å². The van der Waals surface area contributed by atoms with Crippen molar-refractivity contribution >= 4 is 49.1 Å². The Kier molecular flexibility index (Phi) is 6.24. The van der Waals surface area contributed by atoms with Gasteiger partial charge in [-0.1, -0.05) is 15.9 Å². The molecule has 26 heavy (non-hydrogen) atoms. The summed E-state index contributed by atoms with van der Waals surface area (Å²) < 4.78 is 45.8. The average molecular weight is 498 g/mol. The van der Waals surface area contributed by atoms with Gasteiger partial charge in [0.1, 0.15) is 5.75 Å². The van der Waals surface area contributed by atoms with Crippen LogP contribution in [0, 0.1) is 10.1 Å². The maximum atomic E-state index is 13.1. The molecule has 0 aliphatic carbocycles. The number of rotatable bonds is 5. The van der Waals surface area contributed by atoms with Crippen LogP contribution in [0.25, 0.3) is 0 Å². The van der Waals surface area contributed by atoms with E-state index in [2.05, 4.69) is 37.2 Å². The maximum absolute atomic E-state index is 13.1. The molecule has 0 heterocycles. The number of non-ortho nitro benzene ring substituents is 1. The van der Waals surface area contributed by atoms with Gasteiger partial charge < -0.3 is 10.1 Å². The molecule has 0 saturated carbocycles. The topological polar surface area (TPSA) is 81.5 Å². The lowest BCUT2D eigenvalue weighted by atomic mass is 10.1. The van der Waals surface area contributed by atoms with Crippen LogP contribution in [0.15, 0.2) is 45.3 Å². The van der Waals surface area contributed by atoms with Crippen LogP contribution in [-0.4, -0.2) is 17.4 Å². The van der Waals surface area contributed by atoms with E-state index in [4.69, 9.17) is 4.74 Å².